The van der Waals surface area contributed by atoms with Crippen LogP contribution in [0.2, 0.25) is 0 Å². The van der Waals surface area contributed by atoms with Gasteiger partial charge in [0.05, 0.1) is 11.3 Å². The maximum Gasteiger partial charge on any atom is 0.307 e. The Kier molecular flexibility index (Phi) is 4.38. The Hall–Kier alpha value is -2.25. The lowest BCUT2D eigenvalue weighted by atomic mass is 9.94. The van der Waals surface area contributed by atoms with Crippen LogP contribution < -0.4 is 0 Å². The van der Waals surface area contributed by atoms with Crippen LogP contribution in [0.1, 0.15) is 16.7 Å². The van der Waals surface area contributed by atoms with Crippen molar-refractivity contribution >= 4 is 16.0 Å². The van der Waals surface area contributed by atoms with Crippen molar-refractivity contribution in [3.63, 3.8) is 0 Å². The van der Waals surface area contributed by atoms with Gasteiger partial charge in [-0.05, 0) is 47.4 Å². The molecule has 3 rings (SSSR count). The van der Waals surface area contributed by atoms with E-state index in [1.54, 1.807) is 12.1 Å². The van der Waals surface area contributed by atoms with Gasteiger partial charge in [0.15, 0.2) is 0 Å². The highest BCUT2D eigenvalue weighted by Gasteiger charge is 2.29. The Morgan fingerprint density at radius 2 is 1.88 bits per heavy atom. The minimum Gasteiger partial charge on any atom is -0.481 e. The molecule has 5 nitrogen and oxygen atoms in total. The summed E-state index contributed by atoms with van der Waals surface area (Å²) in [5.74, 6) is -1.40. The number of fused-ring (bicyclic) bond motifs is 1. The van der Waals surface area contributed by atoms with E-state index < -0.39 is 21.8 Å². The lowest BCUT2D eigenvalue weighted by molar-refractivity contribution is -0.136. The van der Waals surface area contributed by atoms with Crippen molar-refractivity contribution in [2.45, 2.75) is 24.3 Å². The zero-order chi connectivity index (χ0) is 17.3. The third-order valence-corrected chi connectivity index (χ3v) is 5.98. The molecule has 126 valence electrons. The summed E-state index contributed by atoms with van der Waals surface area (Å²) in [5.41, 5.74) is 2.44. The standard InChI is InChI=1S/C17H16FNO4S/c18-14-4-6-15(7-5-14)24(22,23)19-9-8-16-12(10-17(20)21)2-1-3-13(16)11-19/h1-7H,8-11H2,(H,20,21). The monoisotopic (exact) mass is 349 g/mol. The van der Waals surface area contributed by atoms with Gasteiger partial charge in [0.2, 0.25) is 10.0 Å². The van der Waals surface area contributed by atoms with E-state index in [0.29, 0.717) is 6.42 Å². The number of carbonyl (C=O) groups is 1. The molecule has 1 aliphatic rings. The zero-order valence-corrected chi connectivity index (χ0v) is 13.6. The number of hydrogen-bond acceptors (Lipinski definition) is 3. The molecule has 0 aromatic heterocycles. The number of aliphatic carboxylic acids is 1. The number of carboxylic acids is 1. The first-order valence-electron chi connectivity index (χ1n) is 7.45. The molecule has 0 saturated carbocycles. The van der Waals surface area contributed by atoms with Gasteiger partial charge in [0, 0.05) is 13.1 Å². The van der Waals surface area contributed by atoms with Crippen molar-refractivity contribution in [2.75, 3.05) is 6.54 Å². The van der Waals surface area contributed by atoms with Gasteiger partial charge in [-0.3, -0.25) is 4.79 Å². The fraction of sp³-hybridized carbons (Fsp3) is 0.235. The molecule has 0 atom stereocenters. The number of rotatable bonds is 4. The molecule has 1 N–H and O–H groups in total. The summed E-state index contributed by atoms with van der Waals surface area (Å²) in [7, 11) is -3.71. The van der Waals surface area contributed by atoms with Crippen LogP contribution in [-0.4, -0.2) is 30.3 Å². The molecule has 2 aromatic rings. The van der Waals surface area contributed by atoms with Gasteiger partial charge < -0.3 is 5.11 Å². The van der Waals surface area contributed by atoms with Gasteiger partial charge in [0.25, 0.3) is 0 Å². The molecular weight excluding hydrogens is 333 g/mol. The molecular formula is C17H16FNO4S. The molecule has 1 heterocycles. The number of hydrogen-bond donors (Lipinski definition) is 1. The number of halogens is 1. The minimum absolute atomic E-state index is 0.0500. The minimum atomic E-state index is -3.71. The molecule has 7 heteroatoms. The summed E-state index contributed by atoms with van der Waals surface area (Å²) in [4.78, 5) is 11.0. The van der Waals surface area contributed by atoms with Gasteiger partial charge in [0.1, 0.15) is 5.82 Å². The van der Waals surface area contributed by atoms with Gasteiger partial charge in [-0.25, -0.2) is 12.8 Å². The van der Waals surface area contributed by atoms with Crippen molar-refractivity contribution in [3.05, 3.63) is 65.0 Å². The second kappa shape index (κ2) is 6.33. The van der Waals surface area contributed by atoms with Gasteiger partial charge in [-0.2, -0.15) is 4.31 Å². The zero-order valence-electron chi connectivity index (χ0n) is 12.8. The molecule has 1 aliphatic heterocycles. The van der Waals surface area contributed by atoms with Crippen LogP contribution in [0.3, 0.4) is 0 Å². The highest BCUT2D eigenvalue weighted by molar-refractivity contribution is 7.89. The Morgan fingerprint density at radius 3 is 2.54 bits per heavy atom. The first-order valence-corrected chi connectivity index (χ1v) is 8.89. The SMILES string of the molecule is O=C(O)Cc1cccc2c1CCN(S(=O)(=O)c1ccc(F)cc1)C2. The molecule has 0 spiro atoms. The predicted molar refractivity (Wildman–Crippen MR) is 85.5 cm³/mol. The average molecular weight is 349 g/mol. The van der Waals surface area contributed by atoms with Crippen LogP contribution in [0.4, 0.5) is 4.39 Å². The molecule has 0 aliphatic carbocycles. The van der Waals surface area contributed by atoms with E-state index in [2.05, 4.69) is 0 Å². The molecule has 0 fully saturated rings. The van der Waals surface area contributed by atoms with E-state index in [-0.39, 0.29) is 24.4 Å². The third kappa shape index (κ3) is 3.18. The summed E-state index contributed by atoms with van der Waals surface area (Å²) in [6.45, 7) is 0.450. The molecule has 2 aromatic carbocycles. The van der Waals surface area contributed by atoms with E-state index in [9.17, 15) is 17.6 Å². The van der Waals surface area contributed by atoms with Crippen molar-refractivity contribution in [3.8, 4) is 0 Å². The normalized spacial score (nSPS) is 15.0. The molecule has 0 bridgehead atoms. The van der Waals surface area contributed by atoms with Crippen molar-refractivity contribution < 1.29 is 22.7 Å². The van der Waals surface area contributed by atoms with Crippen LogP contribution in [-0.2, 0) is 34.2 Å². The second-order valence-corrected chi connectivity index (χ2v) is 7.61. The van der Waals surface area contributed by atoms with Gasteiger partial charge in [-0.15, -0.1) is 0 Å². The lowest BCUT2D eigenvalue weighted by Crippen LogP contribution is -2.36. The van der Waals surface area contributed by atoms with E-state index >= 15 is 0 Å². The maximum absolute atomic E-state index is 13.0. The largest absolute Gasteiger partial charge is 0.481 e. The van der Waals surface area contributed by atoms with E-state index in [1.165, 1.54) is 16.4 Å². The van der Waals surface area contributed by atoms with Crippen molar-refractivity contribution in [1.29, 1.82) is 0 Å². The fourth-order valence-electron chi connectivity index (χ4n) is 2.95. The number of benzene rings is 2. The second-order valence-electron chi connectivity index (χ2n) is 5.67. The van der Waals surface area contributed by atoms with Crippen molar-refractivity contribution in [2.24, 2.45) is 0 Å². The Morgan fingerprint density at radius 1 is 1.17 bits per heavy atom. The van der Waals surface area contributed by atoms with Crippen LogP contribution in [0.25, 0.3) is 0 Å². The van der Waals surface area contributed by atoms with Crippen LogP contribution in [0, 0.1) is 5.82 Å². The highest BCUT2D eigenvalue weighted by atomic mass is 32.2. The smallest absolute Gasteiger partial charge is 0.307 e. The summed E-state index contributed by atoms with van der Waals surface area (Å²) >= 11 is 0. The Labute approximate surface area is 139 Å². The highest BCUT2D eigenvalue weighted by Crippen LogP contribution is 2.27. The van der Waals surface area contributed by atoms with Crippen LogP contribution >= 0.6 is 0 Å². The first kappa shape index (κ1) is 16.6. The van der Waals surface area contributed by atoms with E-state index in [4.69, 9.17) is 5.11 Å². The van der Waals surface area contributed by atoms with Crippen LogP contribution in [0.15, 0.2) is 47.4 Å². The topological polar surface area (TPSA) is 74.7 Å². The number of nitrogens with zero attached hydrogens (tertiary/aromatic N) is 1. The molecule has 0 saturated heterocycles. The summed E-state index contributed by atoms with van der Waals surface area (Å²) < 4.78 is 39.7. The number of sulfonamides is 1. The van der Waals surface area contributed by atoms with Crippen molar-refractivity contribution in [1.82, 2.24) is 4.31 Å². The first-order chi connectivity index (χ1) is 11.4. The van der Waals surface area contributed by atoms with E-state index in [1.807, 2.05) is 6.07 Å². The summed E-state index contributed by atoms with van der Waals surface area (Å²) in [5, 5.41) is 8.98. The quantitative estimate of drug-likeness (QED) is 0.918. The van der Waals surface area contributed by atoms with Gasteiger partial charge >= 0.3 is 5.97 Å². The molecule has 24 heavy (non-hydrogen) atoms. The molecule has 0 radical (unpaired) electrons. The average Bonchev–Trinajstić information content (AvgIpc) is 2.54. The Balaban J connectivity index is 1.90. The summed E-state index contributed by atoms with van der Waals surface area (Å²) in [6, 6.07) is 10.1. The lowest BCUT2D eigenvalue weighted by Gasteiger charge is -2.29. The van der Waals surface area contributed by atoms with E-state index in [0.717, 1.165) is 28.8 Å². The molecule has 0 unspecified atom stereocenters. The molecule has 0 amide bonds. The summed E-state index contributed by atoms with van der Waals surface area (Å²) in [6.07, 6.45) is 0.382. The number of carboxylic acid groups (broad SMARTS) is 1. The third-order valence-electron chi connectivity index (χ3n) is 4.12. The maximum atomic E-state index is 13.0. The predicted octanol–water partition coefficient (Wildman–Crippen LogP) is 2.20. The van der Waals surface area contributed by atoms with Gasteiger partial charge in [-0.1, -0.05) is 18.2 Å². The fourth-order valence-corrected chi connectivity index (χ4v) is 4.37. The van der Waals surface area contributed by atoms with Crippen LogP contribution in [0.5, 0.6) is 0 Å². The Bertz CT molecular complexity index is 878.